The van der Waals surface area contributed by atoms with Gasteiger partial charge in [0.25, 0.3) is 0 Å². The number of rotatable bonds is 4. The van der Waals surface area contributed by atoms with Crippen LogP contribution in [0.25, 0.3) is 0 Å². The molecule has 1 aromatic carbocycles. The molecule has 2 nitrogen and oxygen atoms in total. The van der Waals surface area contributed by atoms with Gasteiger partial charge in [0.2, 0.25) is 0 Å². The highest BCUT2D eigenvalue weighted by atomic mass is 16.1. The number of carbonyl (C=O) groups excluding carboxylic acids is 1. The molecule has 1 aromatic heterocycles. The van der Waals surface area contributed by atoms with Gasteiger partial charge in [0.15, 0.2) is 5.78 Å². The summed E-state index contributed by atoms with van der Waals surface area (Å²) >= 11 is 0. The Bertz CT molecular complexity index is 604. The fourth-order valence-electron chi connectivity index (χ4n) is 2.20. The molecule has 0 aliphatic rings. The van der Waals surface area contributed by atoms with Gasteiger partial charge in [0.1, 0.15) is 0 Å². The number of aromatic nitrogens is 1. The van der Waals surface area contributed by atoms with E-state index in [1.165, 1.54) is 5.56 Å². The molecule has 110 valence electrons. The summed E-state index contributed by atoms with van der Waals surface area (Å²) in [6.07, 6.45) is 3.12. The van der Waals surface area contributed by atoms with Crippen molar-refractivity contribution in [2.75, 3.05) is 0 Å². The molecule has 2 heteroatoms. The Balaban J connectivity index is 1.99. The highest BCUT2D eigenvalue weighted by Gasteiger charge is 2.14. The molecule has 0 atom stereocenters. The van der Waals surface area contributed by atoms with Gasteiger partial charge in [-0.2, -0.15) is 0 Å². The van der Waals surface area contributed by atoms with Gasteiger partial charge in [-0.3, -0.25) is 9.78 Å². The van der Waals surface area contributed by atoms with Crippen molar-refractivity contribution in [3.05, 3.63) is 65.0 Å². The van der Waals surface area contributed by atoms with Crippen molar-refractivity contribution in [1.29, 1.82) is 0 Å². The lowest BCUT2D eigenvalue weighted by atomic mass is 9.86. The van der Waals surface area contributed by atoms with Crippen molar-refractivity contribution in [2.24, 2.45) is 0 Å². The summed E-state index contributed by atoms with van der Waals surface area (Å²) in [6.45, 7) is 8.49. The maximum absolute atomic E-state index is 12.2. The quantitative estimate of drug-likeness (QED) is 0.772. The van der Waals surface area contributed by atoms with Crippen molar-refractivity contribution >= 4 is 5.78 Å². The molecule has 2 aromatic rings. The Hall–Kier alpha value is -1.96. The first-order chi connectivity index (χ1) is 9.86. The SMILES string of the molecule is Cc1ccc(CCC(=O)c2ccc(C(C)(C)C)cc2)cn1. The first-order valence-corrected chi connectivity index (χ1v) is 7.41. The van der Waals surface area contributed by atoms with Gasteiger partial charge in [0, 0.05) is 23.9 Å². The standard InChI is InChI=1S/C19H23NO/c1-14-5-6-15(13-20-14)7-12-18(21)16-8-10-17(11-9-16)19(2,3)4/h5-6,8-11,13H,7,12H2,1-4H3. The average Bonchev–Trinajstić information content (AvgIpc) is 2.45. The number of Topliss-reactive ketones (excluding diaryl/α,β-unsaturated/α-hetero) is 1. The number of ketones is 1. The van der Waals surface area contributed by atoms with Crippen LogP contribution in [0.3, 0.4) is 0 Å². The molecule has 21 heavy (non-hydrogen) atoms. The second kappa shape index (κ2) is 6.21. The smallest absolute Gasteiger partial charge is 0.163 e. The summed E-state index contributed by atoms with van der Waals surface area (Å²) in [7, 11) is 0. The molecule has 0 saturated heterocycles. The zero-order chi connectivity index (χ0) is 15.5. The zero-order valence-electron chi connectivity index (χ0n) is 13.3. The third-order valence-corrected chi connectivity index (χ3v) is 3.69. The number of hydrogen-bond donors (Lipinski definition) is 0. The molecule has 0 N–H and O–H groups in total. The van der Waals surface area contributed by atoms with Gasteiger partial charge in [-0.25, -0.2) is 0 Å². The van der Waals surface area contributed by atoms with E-state index >= 15 is 0 Å². The van der Waals surface area contributed by atoms with Crippen molar-refractivity contribution in [3.63, 3.8) is 0 Å². The molecule has 2 rings (SSSR count). The van der Waals surface area contributed by atoms with E-state index in [1.807, 2.05) is 37.4 Å². The van der Waals surface area contributed by atoms with E-state index in [0.29, 0.717) is 6.42 Å². The van der Waals surface area contributed by atoms with E-state index < -0.39 is 0 Å². The summed E-state index contributed by atoms with van der Waals surface area (Å²) in [6, 6.07) is 12.0. The molecule has 0 fully saturated rings. The summed E-state index contributed by atoms with van der Waals surface area (Å²) in [5.41, 5.74) is 4.28. The first kappa shape index (κ1) is 15.4. The van der Waals surface area contributed by atoms with Crippen LogP contribution in [0.2, 0.25) is 0 Å². The van der Waals surface area contributed by atoms with Gasteiger partial charge < -0.3 is 0 Å². The van der Waals surface area contributed by atoms with Crippen LogP contribution in [0.5, 0.6) is 0 Å². The van der Waals surface area contributed by atoms with Crippen LogP contribution in [0.4, 0.5) is 0 Å². The summed E-state index contributed by atoms with van der Waals surface area (Å²) in [4.78, 5) is 16.5. The predicted molar refractivity (Wildman–Crippen MR) is 86.8 cm³/mol. The van der Waals surface area contributed by atoms with Crippen LogP contribution in [0.15, 0.2) is 42.6 Å². The van der Waals surface area contributed by atoms with Crippen molar-refractivity contribution in [2.45, 2.75) is 46.0 Å². The molecule has 0 radical (unpaired) electrons. The van der Waals surface area contributed by atoms with Crippen LogP contribution >= 0.6 is 0 Å². The lowest BCUT2D eigenvalue weighted by molar-refractivity contribution is 0.0983. The lowest BCUT2D eigenvalue weighted by Crippen LogP contribution is -2.11. The summed E-state index contributed by atoms with van der Waals surface area (Å²) in [5.74, 6) is 0.191. The maximum Gasteiger partial charge on any atom is 0.163 e. The molecule has 0 spiro atoms. The van der Waals surface area contributed by atoms with Crippen molar-refractivity contribution < 1.29 is 4.79 Å². The molecule has 0 bridgehead atoms. The second-order valence-electron chi connectivity index (χ2n) is 6.56. The Labute approximate surface area is 127 Å². The number of carbonyl (C=O) groups is 1. The van der Waals surface area contributed by atoms with Gasteiger partial charge >= 0.3 is 0 Å². The van der Waals surface area contributed by atoms with E-state index in [1.54, 1.807) is 0 Å². The van der Waals surface area contributed by atoms with Crippen molar-refractivity contribution in [3.8, 4) is 0 Å². The van der Waals surface area contributed by atoms with Crippen LogP contribution in [0.1, 0.15) is 54.4 Å². The highest BCUT2D eigenvalue weighted by molar-refractivity contribution is 5.96. The number of nitrogens with zero attached hydrogens (tertiary/aromatic N) is 1. The number of aryl methyl sites for hydroxylation is 2. The lowest BCUT2D eigenvalue weighted by Gasteiger charge is -2.19. The predicted octanol–water partition coefficient (Wildman–Crippen LogP) is 4.50. The summed E-state index contributed by atoms with van der Waals surface area (Å²) in [5, 5.41) is 0. The van der Waals surface area contributed by atoms with Gasteiger partial charge in [-0.05, 0) is 36.0 Å². The van der Waals surface area contributed by atoms with Crippen LogP contribution in [-0.4, -0.2) is 10.8 Å². The maximum atomic E-state index is 12.2. The van der Waals surface area contributed by atoms with Crippen LogP contribution in [0, 0.1) is 6.92 Å². The van der Waals surface area contributed by atoms with E-state index in [-0.39, 0.29) is 11.2 Å². The van der Waals surface area contributed by atoms with E-state index in [2.05, 4.69) is 37.9 Å². The minimum absolute atomic E-state index is 0.120. The average molecular weight is 281 g/mol. The van der Waals surface area contributed by atoms with Gasteiger partial charge in [0.05, 0.1) is 0 Å². The minimum Gasteiger partial charge on any atom is -0.294 e. The second-order valence-corrected chi connectivity index (χ2v) is 6.56. The van der Waals surface area contributed by atoms with Crippen LogP contribution < -0.4 is 0 Å². The normalized spacial score (nSPS) is 11.4. The third kappa shape index (κ3) is 4.25. The molecule has 0 aliphatic heterocycles. The van der Waals surface area contributed by atoms with Crippen LogP contribution in [-0.2, 0) is 11.8 Å². The minimum atomic E-state index is 0.120. The Kier molecular flexibility index (Phi) is 4.56. The molecule has 0 saturated carbocycles. The van der Waals surface area contributed by atoms with Gasteiger partial charge in [-0.1, -0.05) is 51.1 Å². The molecule has 0 unspecified atom stereocenters. The van der Waals surface area contributed by atoms with E-state index in [0.717, 1.165) is 23.2 Å². The zero-order valence-corrected chi connectivity index (χ0v) is 13.3. The van der Waals surface area contributed by atoms with E-state index in [9.17, 15) is 4.79 Å². The fourth-order valence-corrected chi connectivity index (χ4v) is 2.20. The number of hydrogen-bond acceptors (Lipinski definition) is 2. The fraction of sp³-hybridized carbons (Fsp3) is 0.368. The molecular weight excluding hydrogens is 258 g/mol. The first-order valence-electron chi connectivity index (χ1n) is 7.41. The monoisotopic (exact) mass is 281 g/mol. The highest BCUT2D eigenvalue weighted by Crippen LogP contribution is 2.22. The Morgan fingerprint density at radius 3 is 2.24 bits per heavy atom. The topological polar surface area (TPSA) is 30.0 Å². The third-order valence-electron chi connectivity index (χ3n) is 3.69. The summed E-state index contributed by atoms with van der Waals surface area (Å²) < 4.78 is 0. The number of pyridine rings is 1. The largest absolute Gasteiger partial charge is 0.294 e. The molecule has 0 aliphatic carbocycles. The van der Waals surface area contributed by atoms with Gasteiger partial charge in [-0.15, -0.1) is 0 Å². The Morgan fingerprint density at radius 2 is 1.71 bits per heavy atom. The molecular formula is C19H23NO. The Morgan fingerprint density at radius 1 is 1.05 bits per heavy atom. The molecule has 1 heterocycles. The number of benzene rings is 1. The molecule has 0 amide bonds. The van der Waals surface area contributed by atoms with E-state index in [4.69, 9.17) is 0 Å². The van der Waals surface area contributed by atoms with Crippen molar-refractivity contribution in [1.82, 2.24) is 4.98 Å².